The first-order valence-corrected chi connectivity index (χ1v) is 4.67. The Morgan fingerprint density at radius 3 is 2.44 bits per heavy atom. The number of halogens is 5. The number of nitrogens with zero attached hydrogens (tertiary/aromatic N) is 1. The van der Waals surface area contributed by atoms with Crippen LogP contribution in [0.1, 0.15) is 23.4 Å². The average Bonchev–Trinajstić information content (AvgIpc) is 2.27. The molecule has 3 nitrogen and oxygen atoms in total. The number of ether oxygens (including phenoxy) is 1. The molecule has 0 bridgehead atoms. The van der Waals surface area contributed by atoms with E-state index in [9.17, 15) is 26.7 Å². The molecule has 1 heterocycles. The Hall–Kier alpha value is -1.73. The van der Waals surface area contributed by atoms with Gasteiger partial charge in [0.05, 0.1) is 24.8 Å². The fourth-order valence-electron chi connectivity index (χ4n) is 1.20. The summed E-state index contributed by atoms with van der Waals surface area (Å²) in [4.78, 5) is 14.2. The number of carbonyl (C=O) groups is 1. The highest BCUT2D eigenvalue weighted by atomic mass is 19.4. The zero-order valence-corrected chi connectivity index (χ0v) is 9.09. The van der Waals surface area contributed by atoms with Crippen molar-refractivity contribution in [1.29, 1.82) is 0 Å². The van der Waals surface area contributed by atoms with Crippen LogP contribution in [-0.4, -0.2) is 18.1 Å². The summed E-state index contributed by atoms with van der Waals surface area (Å²) in [6.45, 7) is 0. The van der Waals surface area contributed by atoms with Crippen molar-refractivity contribution in [1.82, 2.24) is 4.98 Å². The third-order valence-corrected chi connectivity index (χ3v) is 2.00. The summed E-state index contributed by atoms with van der Waals surface area (Å²) in [5.74, 6) is -0.859. The van der Waals surface area contributed by atoms with Crippen molar-refractivity contribution in [2.24, 2.45) is 0 Å². The molecule has 0 saturated heterocycles. The molecule has 0 aliphatic carbocycles. The van der Waals surface area contributed by atoms with Crippen LogP contribution < -0.4 is 0 Å². The molecule has 0 fully saturated rings. The lowest BCUT2D eigenvalue weighted by molar-refractivity contribution is -0.140. The van der Waals surface area contributed by atoms with Crippen molar-refractivity contribution in [3.8, 4) is 0 Å². The number of esters is 1. The van der Waals surface area contributed by atoms with Gasteiger partial charge in [-0.25, -0.2) is 8.78 Å². The van der Waals surface area contributed by atoms with Crippen molar-refractivity contribution in [3.05, 3.63) is 29.1 Å². The molecule has 0 N–H and O–H groups in total. The highest BCUT2D eigenvalue weighted by molar-refractivity contribution is 5.71. The molecular formula is C10H8F5NO2. The van der Waals surface area contributed by atoms with Crippen LogP contribution in [-0.2, 0) is 22.1 Å². The second kappa shape index (κ2) is 5.28. The van der Waals surface area contributed by atoms with Crippen LogP contribution in [0.25, 0.3) is 0 Å². The molecule has 0 unspecified atom stereocenters. The smallest absolute Gasteiger partial charge is 0.416 e. The van der Waals surface area contributed by atoms with Crippen LogP contribution in [0.2, 0.25) is 0 Å². The van der Waals surface area contributed by atoms with Crippen molar-refractivity contribution in [2.75, 3.05) is 7.11 Å². The first-order valence-electron chi connectivity index (χ1n) is 4.67. The summed E-state index contributed by atoms with van der Waals surface area (Å²) in [5.41, 5.74) is -2.71. The van der Waals surface area contributed by atoms with Gasteiger partial charge in [-0.2, -0.15) is 13.2 Å². The Bertz CT molecular complexity index is 444. The maximum Gasteiger partial charge on any atom is 0.416 e. The number of alkyl halides is 5. The minimum Gasteiger partial charge on any atom is -0.469 e. The highest BCUT2D eigenvalue weighted by Crippen LogP contribution is 2.31. The number of aromatic nitrogens is 1. The Labute approximate surface area is 98.6 Å². The maximum absolute atomic E-state index is 12.4. The quantitative estimate of drug-likeness (QED) is 0.625. The fourth-order valence-corrected chi connectivity index (χ4v) is 1.20. The van der Waals surface area contributed by atoms with Crippen molar-refractivity contribution < 1.29 is 31.5 Å². The minimum absolute atomic E-state index is 0.255. The van der Waals surface area contributed by atoms with Crippen LogP contribution in [0, 0.1) is 0 Å². The van der Waals surface area contributed by atoms with Gasteiger partial charge in [-0.15, -0.1) is 0 Å². The second-order valence-corrected chi connectivity index (χ2v) is 3.32. The summed E-state index contributed by atoms with van der Waals surface area (Å²) in [7, 11) is 1.03. The monoisotopic (exact) mass is 269 g/mol. The molecule has 1 aromatic heterocycles. The van der Waals surface area contributed by atoms with Gasteiger partial charge < -0.3 is 4.74 Å². The van der Waals surface area contributed by atoms with Crippen LogP contribution in [0.3, 0.4) is 0 Å². The van der Waals surface area contributed by atoms with E-state index in [0.29, 0.717) is 6.07 Å². The molecule has 0 aromatic carbocycles. The van der Waals surface area contributed by atoms with Crippen LogP contribution in [0.4, 0.5) is 22.0 Å². The molecule has 8 heteroatoms. The molecule has 100 valence electrons. The van der Waals surface area contributed by atoms with E-state index in [0.717, 1.165) is 7.11 Å². The summed E-state index contributed by atoms with van der Waals surface area (Å²) in [6, 6.07) is 0.800. The van der Waals surface area contributed by atoms with Gasteiger partial charge >= 0.3 is 12.1 Å². The molecule has 0 saturated carbocycles. The Morgan fingerprint density at radius 2 is 2.00 bits per heavy atom. The van der Waals surface area contributed by atoms with E-state index in [-0.39, 0.29) is 6.07 Å². The maximum atomic E-state index is 12.4. The van der Waals surface area contributed by atoms with E-state index in [2.05, 4.69) is 9.72 Å². The molecule has 1 aromatic rings. The average molecular weight is 269 g/mol. The Kier molecular flexibility index (Phi) is 4.20. The molecule has 0 aliphatic rings. The van der Waals surface area contributed by atoms with Crippen LogP contribution in [0.15, 0.2) is 12.1 Å². The predicted octanol–water partition coefficient (Wildman–Crippen LogP) is 2.75. The fraction of sp³-hybridized carbons (Fsp3) is 0.400. The lowest BCUT2D eigenvalue weighted by Gasteiger charge is -2.10. The normalized spacial score (nSPS) is 11.7. The SMILES string of the molecule is COC(=O)Cc1cc(C(F)(F)F)cc(C(F)F)n1. The molecule has 0 aliphatic heterocycles. The van der Waals surface area contributed by atoms with Gasteiger partial charge in [-0.1, -0.05) is 0 Å². The first kappa shape index (κ1) is 14.3. The largest absolute Gasteiger partial charge is 0.469 e. The van der Waals surface area contributed by atoms with E-state index in [1.807, 2.05) is 0 Å². The Morgan fingerprint density at radius 1 is 1.39 bits per heavy atom. The van der Waals surface area contributed by atoms with Gasteiger partial charge in [0.25, 0.3) is 6.43 Å². The summed E-state index contributed by atoms with van der Waals surface area (Å²) < 4.78 is 66.3. The predicted molar refractivity (Wildman–Crippen MR) is 49.9 cm³/mol. The van der Waals surface area contributed by atoms with E-state index in [4.69, 9.17) is 0 Å². The number of hydrogen-bond acceptors (Lipinski definition) is 3. The van der Waals surface area contributed by atoms with Crippen molar-refractivity contribution in [2.45, 2.75) is 19.0 Å². The number of methoxy groups -OCH3 is 1. The molecule has 0 amide bonds. The number of rotatable bonds is 3. The van der Waals surface area contributed by atoms with Crippen molar-refractivity contribution in [3.63, 3.8) is 0 Å². The molecule has 1 rings (SSSR count). The first-order chi connectivity index (χ1) is 8.24. The van der Waals surface area contributed by atoms with Gasteiger partial charge in [0, 0.05) is 0 Å². The van der Waals surface area contributed by atoms with E-state index in [1.165, 1.54) is 0 Å². The third kappa shape index (κ3) is 3.64. The summed E-state index contributed by atoms with van der Waals surface area (Å²) in [6.07, 6.45) is -8.53. The topological polar surface area (TPSA) is 39.2 Å². The van der Waals surface area contributed by atoms with E-state index in [1.54, 1.807) is 0 Å². The summed E-state index contributed by atoms with van der Waals surface area (Å²) >= 11 is 0. The van der Waals surface area contributed by atoms with E-state index < -0.39 is 41.9 Å². The lowest BCUT2D eigenvalue weighted by atomic mass is 10.1. The van der Waals surface area contributed by atoms with Gasteiger partial charge in [-0.05, 0) is 12.1 Å². The molecule has 0 spiro atoms. The second-order valence-electron chi connectivity index (χ2n) is 3.32. The highest BCUT2D eigenvalue weighted by Gasteiger charge is 2.32. The van der Waals surface area contributed by atoms with Gasteiger partial charge in [-0.3, -0.25) is 9.78 Å². The van der Waals surface area contributed by atoms with Crippen LogP contribution in [0.5, 0.6) is 0 Å². The van der Waals surface area contributed by atoms with Gasteiger partial charge in [0.15, 0.2) is 0 Å². The van der Waals surface area contributed by atoms with Gasteiger partial charge in [0.1, 0.15) is 5.69 Å². The van der Waals surface area contributed by atoms with Crippen molar-refractivity contribution >= 4 is 5.97 Å². The molecule has 0 radical (unpaired) electrons. The van der Waals surface area contributed by atoms with Gasteiger partial charge in [0.2, 0.25) is 0 Å². The zero-order valence-electron chi connectivity index (χ0n) is 9.09. The number of carbonyl (C=O) groups excluding carboxylic acids is 1. The molecule has 0 atom stereocenters. The molecule has 18 heavy (non-hydrogen) atoms. The Balaban J connectivity index is 3.18. The van der Waals surface area contributed by atoms with E-state index >= 15 is 0 Å². The summed E-state index contributed by atoms with van der Waals surface area (Å²) in [5, 5.41) is 0. The van der Waals surface area contributed by atoms with Crippen LogP contribution >= 0.6 is 0 Å². The zero-order chi connectivity index (χ0) is 13.9. The standard InChI is InChI=1S/C10H8F5NO2/c1-18-8(17)4-6-2-5(10(13,14)15)3-7(16-6)9(11)12/h2-3,9H,4H2,1H3. The minimum atomic E-state index is -4.78. The number of pyridine rings is 1. The number of hydrogen-bond donors (Lipinski definition) is 0. The molecular weight excluding hydrogens is 261 g/mol. The third-order valence-electron chi connectivity index (χ3n) is 2.00. The lowest BCUT2D eigenvalue weighted by Crippen LogP contribution is -2.12.